The van der Waals surface area contributed by atoms with Gasteiger partial charge in [-0.15, -0.1) is 10.2 Å². The summed E-state index contributed by atoms with van der Waals surface area (Å²) in [4.78, 5) is 14.7. The summed E-state index contributed by atoms with van der Waals surface area (Å²) in [5.41, 5.74) is 1.78. The molecular weight excluding hydrogens is 454 g/mol. The molecule has 1 aromatic carbocycles. The fourth-order valence-electron chi connectivity index (χ4n) is 3.33. The van der Waals surface area contributed by atoms with Crippen molar-refractivity contribution in [3.05, 3.63) is 29.3 Å². The lowest BCUT2D eigenvalue weighted by atomic mass is 10.2. The maximum absolute atomic E-state index is 13.0. The van der Waals surface area contributed by atoms with E-state index in [1.54, 1.807) is 11.0 Å². The largest absolute Gasteiger partial charge is 0.360 e. The molecule has 0 saturated carbocycles. The van der Waals surface area contributed by atoms with Crippen LogP contribution in [0.3, 0.4) is 0 Å². The number of carbonyl (C=O) groups is 1. The lowest BCUT2D eigenvalue weighted by Crippen LogP contribution is -2.51. The van der Waals surface area contributed by atoms with Crippen LogP contribution in [0.25, 0.3) is 0 Å². The Bertz CT molecular complexity index is 1000. The maximum atomic E-state index is 13.0. The normalized spacial score (nSPS) is 15.3. The first kappa shape index (κ1) is 24.0. The molecule has 1 N–H and O–H groups in total. The van der Waals surface area contributed by atoms with E-state index in [0.29, 0.717) is 31.1 Å². The third-order valence-corrected chi connectivity index (χ3v) is 9.13. The van der Waals surface area contributed by atoms with Crippen LogP contribution in [-0.4, -0.2) is 72.2 Å². The molecule has 8 nitrogen and oxygen atoms in total. The molecule has 11 heteroatoms. The number of nitrogens with zero attached hydrogens (tertiary/aromatic N) is 4. The molecule has 1 saturated heterocycles. The molecular formula is C20H29N5O3S3. The highest BCUT2D eigenvalue weighted by Gasteiger charge is 2.31. The number of aromatic nitrogens is 2. The van der Waals surface area contributed by atoms with Crippen LogP contribution in [0, 0.1) is 13.8 Å². The molecule has 3 rings (SSSR count). The van der Waals surface area contributed by atoms with E-state index in [0.717, 1.165) is 40.0 Å². The molecule has 0 spiro atoms. The van der Waals surface area contributed by atoms with Crippen molar-refractivity contribution in [2.24, 2.45) is 0 Å². The minimum Gasteiger partial charge on any atom is -0.360 e. The third-order valence-electron chi connectivity index (χ3n) is 5.07. The molecule has 2 heterocycles. The maximum Gasteiger partial charge on any atom is 0.243 e. The van der Waals surface area contributed by atoms with Gasteiger partial charge in [-0.25, -0.2) is 8.42 Å². The van der Waals surface area contributed by atoms with Crippen LogP contribution in [0.2, 0.25) is 0 Å². The van der Waals surface area contributed by atoms with Crippen LogP contribution in [0.4, 0.5) is 5.13 Å². The molecule has 1 aliphatic heterocycles. The first-order chi connectivity index (χ1) is 14.8. The Morgan fingerprint density at radius 1 is 1.19 bits per heavy atom. The number of amides is 1. The molecule has 31 heavy (non-hydrogen) atoms. The second-order valence-electron chi connectivity index (χ2n) is 7.50. The number of aryl methyl sites for hydroxylation is 2. The second-order valence-corrected chi connectivity index (χ2v) is 11.6. The number of sulfonamides is 1. The highest BCUT2D eigenvalue weighted by Crippen LogP contribution is 2.26. The van der Waals surface area contributed by atoms with Gasteiger partial charge in [0, 0.05) is 32.7 Å². The molecule has 1 aromatic heterocycles. The Labute approximate surface area is 192 Å². The number of anilines is 1. The standard InChI is InChI=1S/C20H29N5O3S3/c1-4-5-8-21-19-22-23-20(30-19)29-14-18(26)24-9-11-25(12-10-24)31(27,28)17-7-6-15(2)13-16(17)3/h6-7,13H,4-5,8-12,14H2,1-3H3,(H,21,22). The van der Waals surface area contributed by atoms with Gasteiger partial charge in [-0.1, -0.05) is 54.1 Å². The highest BCUT2D eigenvalue weighted by atomic mass is 32.2. The number of rotatable bonds is 9. The van der Waals surface area contributed by atoms with Gasteiger partial charge in [0.05, 0.1) is 10.6 Å². The summed E-state index contributed by atoms with van der Waals surface area (Å²) >= 11 is 2.82. The predicted molar refractivity (Wildman–Crippen MR) is 125 cm³/mol. The molecule has 0 aliphatic carbocycles. The van der Waals surface area contributed by atoms with Crippen molar-refractivity contribution in [3.8, 4) is 0 Å². The second kappa shape index (κ2) is 10.8. The SMILES string of the molecule is CCCCNc1nnc(SCC(=O)N2CCN(S(=O)(=O)c3ccc(C)cc3C)CC2)s1. The molecule has 1 aliphatic rings. The van der Waals surface area contributed by atoms with Crippen molar-refractivity contribution in [2.45, 2.75) is 42.8 Å². The zero-order valence-corrected chi connectivity index (χ0v) is 20.6. The van der Waals surface area contributed by atoms with Gasteiger partial charge in [-0.05, 0) is 31.9 Å². The topological polar surface area (TPSA) is 95.5 Å². The monoisotopic (exact) mass is 483 g/mol. The summed E-state index contributed by atoms with van der Waals surface area (Å²) in [6.45, 7) is 8.14. The number of unbranched alkanes of at least 4 members (excludes halogenated alkanes) is 1. The van der Waals surface area contributed by atoms with Crippen molar-refractivity contribution in [1.29, 1.82) is 0 Å². The van der Waals surface area contributed by atoms with Crippen LogP contribution in [-0.2, 0) is 14.8 Å². The Kier molecular flexibility index (Phi) is 8.31. The molecule has 1 fully saturated rings. The zero-order valence-electron chi connectivity index (χ0n) is 18.1. The van der Waals surface area contributed by atoms with Crippen LogP contribution in [0.15, 0.2) is 27.4 Å². The minimum absolute atomic E-state index is 0.00995. The Balaban J connectivity index is 1.49. The summed E-state index contributed by atoms with van der Waals surface area (Å²) in [6, 6.07) is 5.36. The van der Waals surface area contributed by atoms with E-state index in [2.05, 4.69) is 22.4 Å². The minimum atomic E-state index is -3.55. The molecule has 0 unspecified atom stereocenters. The van der Waals surface area contributed by atoms with Gasteiger partial charge in [-0.2, -0.15) is 4.31 Å². The molecule has 0 radical (unpaired) electrons. The number of piperazine rings is 1. The fraction of sp³-hybridized carbons (Fsp3) is 0.550. The molecule has 0 atom stereocenters. The van der Waals surface area contributed by atoms with E-state index in [9.17, 15) is 13.2 Å². The van der Waals surface area contributed by atoms with Crippen molar-refractivity contribution in [1.82, 2.24) is 19.4 Å². The van der Waals surface area contributed by atoms with Crippen LogP contribution in [0.1, 0.15) is 30.9 Å². The first-order valence-electron chi connectivity index (χ1n) is 10.4. The molecule has 170 valence electrons. The highest BCUT2D eigenvalue weighted by molar-refractivity contribution is 8.01. The van der Waals surface area contributed by atoms with Gasteiger partial charge in [-0.3, -0.25) is 4.79 Å². The van der Waals surface area contributed by atoms with Gasteiger partial charge < -0.3 is 10.2 Å². The number of hydrogen-bond donors (Lipinski definition) is 1. The fourth-order valence-corrected chi connectivity index (χ4v) is 6.64. The van der Waals surface area contributed by atoms with Crippen molar-refractivity contribution in [3.63, 3.8) is 0 Å². The van der Waals surface area contributed by atoms with Crippen LogP contribution >= 0.6 is 23.1 Å². The van der Waals surface area contributed by atoms with Gasteiger partial charge in [0.25, 0.3) is 0 Å². The van der Waals surface area contributed by atoms with Gasteiger partial charge in [0.15, 0.2) is 4.34 Å². The van der Waals surface area contributed by atoms with Crippen molar-refractivity contribution < 1.29 is 13.2 Å². The van der Waals surface area contributed by atoms with Crippen LogP contribution < -0.4 is 5.32 Å². The number of carbonyl (C=O) groups excluding carboxylic acids is 1. The average Bonchev–Trinajstić information content (AvgIpc) is 3.20. The number of benzene rings is 1. The number of hydrogen-bond acceptors (Lipinski definition) is 8. The Morgan fingerprint density at radius 2 is 1.94 bits per heavy atom. The smallest absolute Gasteiger partial charge is 0.243 e. The lowest BCUT2D eigenvalue weighted by Gasteiger charge is -2.34. The van der Waals surface area contributed by atoms with E-state index in [-0.39, 0.29) is 11.7 Å². The van der Waals surface area contributed by atoms with E-state index < -0.39 is 10.0 Å². The Hall–Kier alpha value is -1.69. The van der Waals surface area contributed by atoms with Crippen molar-refractivity contribution in [2.75, 3.05) is 43.8 Å². The molecule has 1 amide bonds. The van der Waals surface area contributed by atoms with Gasteiger partial charge in [0.1, 0.15) is 0 Å². The van der Waals surface area contributed by atoms with E-state index in [1.165, 1.54) is 27.4 Å². The summed E-state index contributed by atoms with van der Waals surface area (Å²) in [5, 5.41) is 12.2. The zero-order chi connectivity index (χ0) is 22.4. The Morgan fingerprint density at radius 3 is 2.61 bits per heavy atom. The summed E-state index contributed by atoms with van der Waals surface area (Å²) < 4.78 is 28.2. The third kappa shape index (κ3) is 6.18. The quantitative estimate of drug-likeness (QED) is 0.433. The number of thioether (sulfide) groups is 1. The van der Waals surface area contributed by atoms with E-state index >= 15 is 0 Å². The lowest BCUT2D eigenvalue weighted by molar-refractivity contribution is -0.129. The van der Waals surface area contributed by atoms with E-state index in [1.807, 2.05) is 26.0 Å². The summed E-state index contributed by atoms with van der Waals surface area (Å²) in [6.07, 6.45) is 2.19. The molecule has 2 aromatic rings. The van der Waals surface area contributed by atoms with Gasteiger partial charge in [0.2, 0.25) is 21.1 Å². The van der Waals surface area contributed by atoms with Crippen LogP contribution in [0.5, 0.6) is 0 Å². The summed E-state index contributed by atoms with van der Waals surface area (Å²) in [5.74, 6) is 0.261. The van der Waals surface area contributed by atoms with E-state index in [4.69, 9.17) is 0 Å². The predicted octanol–water partition coefficient (Wildman–Crippen LogP) is 2.99. The van der Waals surface area contributed by atoms with Gasteiger partial charge >= 0.3 is 0 Å². The average molecular weight is 484 g/mol. The molecule has 0 bridgehead atoms. The van der Waals surface area contributed by atoms with Crippen molar-refractivity contribution >= 4 is 44.2 Å². The summed E-state index contributed by atoms with van der Waals surface area (Å²) in [7, 11) is -3.55. The number of nitrogens with one attached hydrogen (secondary N) is 1. The first-order valence-corrected chi connectivity index (χ1v) is 13.6.